The van der Waals surface area contributed by atoms with Gasteiger partial charge in [0.05, 0.1) is 6.54 Å². The standard InChI is InChI=1S/C14H19NO2/c16-11-12-5-4-8-15(9-12)10-14(17)13-6-2-1-3-7-13/h1-3,6-7,12,16H,4-5,8-11H2/t12-/m0/s1. The molecule has 1 saturated heterocycles. The molecule has 0 spiro atoms. The van der Waals surface area contributed by atoms with Gasteiger partial charge in [-0.2, -0.15) is 0 Å². The minimum Gasteiger partial charge on any atom is -0.396 e. The summed E-state index contributed by atoms with van der Waals surface area (Å²) >= 11 is 0. The first-order valence-electron chi connectivity index (χ1n) is 6.21. The van der Waals surface area contributed by atoms with Crippen LogP contribution >= 0.6 is 0 Å². The molecule has 1 atom stereocenters. The van der Waals surface area contributed by atoms with Crippen molar-refractivity contribution in [3.05, 3.63) is 35.9 Å². The predicted molar refractivity (Wildman–Crippen MR) is 67.0 cm³/mol. The third kappa shape index (κ3) is 3.38. The summed E-state index contributed by atoms with van der Waals surface area (Å²) < 4.78 is 0. The molecule has 1 heterocycles. The van der Waals surface area contributed by atoms with Crippen molar-refractivity contribution in [1.29, 1.82) is 0 Å². The number of benzene rings is 1. The molecular weight excluding hydrogens is 214 g/mol. The zero-order valence-corrected chi connectivity index (χ0v) is 10.0. The Hall–Kier alpha value is -1.19. The van der Waals surface area contributed by atoms with E-state index in [9.17, 15) is 4.79 Å². The van der Waals surface area contributed by atoms with Crippen LogP contribution in [0.2, 0.25) is 0 Å². The maximum Gasteiger partial charge on any atom is 0.176 e. The van der Waals surface area contributed by atoms with Crippen LogP contribution < -0.4 is 0 Å². The second kappa shape index (κ2) is 5.94. The summed E-state index contributed by atoms with van der Waals surface area (Å²) in [4.78, 5) is 14.2. The Morgan fingerprint density at radius 3 is 2.82 bits per heavy atom. The van der Waals surface area contributed by atoms with Crippen LogP contribution in [-0.2, 0) is 0 Å². The number of carbonyl (C=O) groups is 1. The number of rotatable bonds is 4. The fourth-order valence-electron chi connectivity index (χ4n) is 2.36. The molecule has 1 fully saturated rings. The van der Waals surface area contributed by atoms with Crippen LogP contribution in [0.25, 0.3) is 0 Å². The SMILES string of the molecule is O=C(CN1CCC[C@H](CO)C1)c1ccccc1. The zero-order valence-electron chi connectivity index (χ0n) is 10.0. The molecule has 1 aromatic rings. The summed E-state index contributed by atoms with van der Waals surface area (Å²) in [6.45, 7) is 2.51. The minimum atomic E-state index is 0.171. The van der Waals surface area contributed by atoms with E-state index < -0.39 is 0 Å². The molecule has 1 aliphatic rings. The first-order chi connectivity index (χ1) is 8.29. The molecule has 1 aliphatic heterocycles. The zero-order chi connectivity index (χ0) is 12.1. The quantitative estimate of drug-likeness (QED) is 0.803. The van der Waals surface area contributed by atoms with Crippen molar-refractivity contribution in [3.63, 3.8) is 0 Å². The summed E-state index contributed by atoms with van der Waals surface area (Å²) in [6.07, 6.45) is 2.15. The lowest BCUT2D eigenvalue weighted by Crippen LogP contribution is -2.39. The highest BCUT2D eigenvalue weighted by Gasteiger charge is 2.21. The Balaban J connectivity index is 1.90. The maximum absolute atomic E-state index is 12.0. The Morgan fingerprint density at radius 1 is 1.35 bits per heavy atom. The molecule has 2 rings (SSSR count). The molecule has 0 saturated carbocycles. The van der Waals surface area contributed by atoms with Crippen LogP contribution in [0, 0.1) is 5.92 Å². The molecule has 1 N–H and O–H groups in total. The van der Waals surface area contributed by atoms with Crippen molar-refractivity contribution in [2.24, 2.45) is 5.92 Å². The van der Waals surface area contributed by atoms with Gasteiger partial charge in [0.2, 0.25) is 0 Å². The number of piperidine rings is 1. The Kier molecular flexibility index (Phi) is 4.29. The van der Waals surface area contributed by atoms with Crippen LogP contribution in [0.1, 0.15) is 23.2 Å². The number of aliphatic hydroxyl groups is 1. The van der Waals surface area contributed by atoms with E-state index in [4.69, 9.17) is 5.11 Å². The molecule has 0 unspecified atom stereocenters. The van der Waals surface area contributed by atoms with E-state index in [1.807, 2.05) is 30.3 Å². The summed E-state index contributed by atoms with van der Waals surface area (Å²) in [5.74, 6) is 0.511. The largest absolute Gasteiger partial charge is 0.396 e. The summed E-state index contributed by atoms with van der Waals surface area (Å²) in [5, 5.41) is 9.15. The van der Waals surface area contributed by atoms with Crippen LogP contribution in [0.15, 0.2) is 30.3 Å². The average Bonchev–Trinajstić information content (AvgIpc) is 2.40. The first-order valence-corrected chi connectivity index (χ1v) is 6.21. The van der Waals surface area contributed by atoms with Crippen LogP contribution in [0.5, 0.6) is 0 Å². The highest BCUT2D eigenvalue weighted by molar-refractivity contribution is 5.97. The van der Waals surface area contributed by atoms with Gasteiger partial charge in [0.15, 0.2) is 5.78 Å². The number of likely N-dealkylation sites (tertiary alicyclic amines) is 1. The van der Waals surface area contributed by atoms with E-state index in [1.165, 1.54) is 0 Å². The van der Waals surface area contributed by atoms with Crippen LogP contribution in [-0.4, -0.2) is 42.0 Å². The molecule has 3 nitrogen and oxygen atoms in total. The van der Waals surface area contributed by atoms with Gasteiger partial charge in [0.1, 0.15) is 0 Å². The molecular formula is C14H19NO2. The molecule has 0 bridgehead atoms. The van der Waals surface area contributed by atoms with E-state index in [2.05, 4.69) is 4.90 Å². The molecule has 92 valence electrons. The van der Waals surface area contributed by atoms with Crippen LogP contribution in [0.4, 0.5) is 0 Å². The van der Waals surface area contributed by atoms with E-state index in [-0.39, 0.29) is 12.4 Å². The Labute approximate surface area is 102 Å². The van der Waals surface area contributed by atoms with Gasteiger partial charge >= 0.3 is 0 Å². The fourth-order valence-corrected chi connectivity index (χ4v) is 2.36. The number of hydrogen-bond acceptors (Lipinski definition) is 3. The normalized spacial score (nSPS) is 21.4. The predicted octanol–water partition coefficient (Wildman–Crippen LogP) is 1.57. The van der Waals surface area contributed by atoms with Gasteiger partial charge in [-0.05, 0) is 25.3 Å². The Bertz CT molecular complexity index is 364. The average molecular weight is 233 g/mol. The Morgan fingerprint density at radius 2 is 2.12 bits per heavy atom. The number of aliphatic hydroxyl groups excluding tert-OH is 1. The molecule has 0 radical (unpaired) electrons. The number of hydrogen-bond donors (Lipinski definition) is 1. The van der Waals surface area contributed by atoms with Gasteiger partial charge in [-0.15, -0.1) is 0 Å². The summed E-state index contributed by atoms with van der Waals surface area (Å²) in [5.41, 5.74) is 0.777. The van der Waals surface area contributed by atoms with E-state index in [0.29, 0.717) is 12.5 Å². The van der Waals surface area contributed by atoms with Gasteiger partial charge in [-0.25, -0.2) is 0 Å². The second-order valence-electron chi connectivity index (χ2n) is 4.72. The highest BCUT2D eigenvalue weighted by atomic mass is 16.3. The number of carbonyl (C=O) groups excluding carboxylic acids is 1. The smallest absolute Gasteiger partial charge is 0.176 e. The summed E-state index contributed by atoms with van der Waals surface area (Å²) in [7, 11) is 0. The molecule has 3 heteroatoms. The maximum atomic E-state index is 12.0. The lowest BCUT2D eigenvalue weighted by Gasteiger charge is -2.31. The minimum absolute atomic E-state index is 0.171. The monoisotopic (exact) mass is 233 g/mol. The second-order valence-corrected chi connectivity index (χ2v) is 4.72. The van der Waals surface area contributed by atoms with Crippen molar-refractivity contribution in [2.75, 3.05) is 26.2 Å². The van der Waals surface area contributed by atoms with E-state index in [1.54, 1.807) is 0 Å². The first kappa shape index (κ1) is 12.3. The van der Waals surface area contributed by atoms with E-state index in [0.717, 1.165) is 31.5 Å². The van der Waals surface area contributed by atoms with Crippen LogP contribution in [0.3, 0.4) is 0 Å². The number of ketones is 1. The van der Waals surface area contributed by atoms with Gasteiger partial charge in [-0.1, -0.05) is 30.3 Å². The van der Waals surface area contributed by atoms with Crippen molar-refractivity contribution in [1.82, 2.24) is 4.90 Å². The van der Waals surface area contributed by atoms with Crippen molar-refractivity contribution >= 4 is 5.78 Å². The highest BCUT2D eigenvalue weighted by Crippen LogP contribution is 2.16. The third-order valence-corrected chi connectivity index (χ3v) is 3.32. The lowest BCUT2D eigenvalue weighted by molar-refractivity contribution is 0.0833. The van der Waals surface area contributed by atoms with Gasteiger partial charge in [0.25, 0.3) is 0 Å². The van der Waals surface area contributed by atoms with Gasteiger partial charge in [-0.3, -0.25) is 9.69 Å². The number of Topliss-reactive ketones (excluding diaryl/α,β-unsaturated/α-hetero) is 1. The molecule has 17 heavy (non-hydrogen) atoms. The lowest BCUT2D eigenvalue weighted by atomic mass is 9.98. The molecule has 0 amide bonds. The van der Waals surface area contributed by atoms with Crippen molar-refractivity contribution in [3.8, 4) is 0 Å². The summed E-state index contributed by atoms with van der Waals surface area (Å²) in [6, 6.07) is 9.41. The topological polar surface area (TPSA) is 40.5 Å². The van der Waals surface area contributed by atoms with Crippen molar-refractivity contribution < 1.29 is 9.90 Å². The molecule has 0 aliphatic carbocycles. The van der Waals surface area contributed by atoms with Crippen molar-refractivity contribution in [2.45, 2.75) is 12.8 Å². The van der Waals surface area contributed by atoms with Gasteiger partial charge < -0.3 is 5.11 Å². The molecule has 1 aromatic carbocycles. The molecule has 0 aromatic heterocycles. The fraction of sp³-hybridized carbons (Fsp3) is 0.500. The van der Waals surface area contributed by atoms with E-state index >= 15 is 0 Å². The number of nitrogens with zero attached hydrogens (tertiary/aromatic N) is 1. The third-order valence-electron chi connectivity index (χ3n) is 3.32. The van der Waals surface area contributed by atoms with Gasteiger partial charge in [0, 0.05) is 18.7 Å².